The maximum atomic E-state index is 10.9. The predicted octanol–water partition coefficient (Wildman–Crippen LogP) is 2.88. The number of halogens is 1. The van der Waals surface area contributed by atoms with Crippen molar-refractivity contribution in [3.8, 4) is 0 Å². The van der Waals surface area contributed by atoms with E-state index in [1.807, 2.05) is 6.07 Å². The van der Waals surface area contributed by atoms with Crippen LogP contribution in [0.1, 0.15) is 34.8 Å². The standard InChI is InChI=1S/C17H17ClN6O2/c18-12-8-19-17(20-11-5-3-10(4-6-11)16(25)26)22-15(12)21-14-7-13(23-24-14)9-1-2-9/h3-7,9H,1-2,8H2,(H,25,26)(H2,19,20,22)(H2,21,23,24). The first-order chi connectivity index (χ1) is 12.6. The van der Waals surface area contributed by atoms with E-state index < -0.39 is 5.97 Å². The minimum Gasteiger partial charge on any atom is -0.478 e. The zero-order chi connectivity index (χ0) is 18.1. The Morgan fingerprint density at radius 1 is 1.23 bits per heavy atom. The molecule has 26 heavy (non-hydrogen) atoms. The first kappa shape index (κ1) is 16.5. The molecule has 0 radical (unpaired) electrons. The Morgan fingerprint density at radius 3 is 2.69 bits per heavy atom. The normalized spacial score (nSPS) is 16.7. The summed E-state index contributed by atoms with van der Waals surface area (Å²) >= 11 is 6.25. The van der Waals surface area contributed by atoms with Gasteiger partial charge < -0.3 is 21.1 Å². The summed E-state index contributed by atoms with van der Waals surface area (Å²) in [5.41, 5.74) is 2.07. The molecule has 1 aromatic carbocycles. The number of nitrogens with one attached hydrogen (secondary N) is 4. The lowest BCUT2D eigenvalue weighted by Gasteiger charge is -2.20. The van der Waals surface area contributed by atoms with Crippen LogP contribution < -0.4 is 16.0 Å². The summed E-state index contributed by atoms with van der Waals surface area (Å²) in [5, 5.41) is 26.2. The summed E-state index contributed by atoms with van der Waals surface area (Å²) < 4.78 is 0. The average molecular weight is 373 g/mol. The van der Waals surface area contributed by atoms with Gasteiger partial charge in [-0.05, 0) is 37.1 Å². The molecule has 1 aromatic heterocycles. The van der Waals surface area contributed by atoms with Crippen LogP contribution in [0.5, 0.6) is 0 Å². The Balaban J connectivity index is 1.40. The van der Waals surface area contributed by atoms with Gasteiger partial charge in [-0.25, -0.2) is 9.79 Å². The summed E-state index contributed by atoms with van der Waals surface area (Å²) in [5.74, 6) is 1.45. The number of guanidine groups is 1. The van der Waals surface area contributed by atoms with Crippen LogP contribution in [-0.2, 0) is 0 Å². The fraction of sp³-hybridized carbons (Fsp3) is 0.235. The number of carboxylic acids is 1. The van der Waals surface area contributed by atoms with Gasteiger partial charge in [-0.2, -0.15) is 5.10 Å². The second-order valence-electron chi connectivity index (χ2n) is 6.19. The second kappa shape index (κ2) is 6.72. The quantitative estimate of drug-likeness (QED) is 0.551. The molecular weight excluding hydrogens is 356 g/mol. The van der Waals surface area contributed by atoms with E-state index in [9.17, 15) is 4.79 Å². The molecule has 5 N–H and O–H groups in total. The lowest BCUT2D eigenvalue weighted by Crippen LogP contribution is -2.36. The van der Waals surface area contributed by atoms with Crippen molar-refractivity contribution >= 4 is 35.0 Å². The number of aromatic carboxylic acids is 1. The van der Waals surface area contributed by atoms with Crippen LogP contribution in [-0.4, -0.2) is 33.8 Å². The highest BCUT2D eigenvalue weighted by atomic mass is 35.5. The number of H-pyrrole nitrogens is 1. The fourth-order valence-corrected chi connectivity index (χ4v) is 2.74. The second-order valence-corrected chi connectivity index (χ2v) is 6.64. The third kappa shape index (κ3) is 3.65. The van der Waals surface area contributed by atoms with Crippen LogP contribution in [0, 0.1) is 0 Å². The zero-order valence-corrected chi connectivity index (χ0v) is 14.5. The maximum absolute atomic E-state index is 10.9. The van der Waals surface area contributed by atoms with Gasteiger partial charge in [0.2, 0.25) is 5.96 Å². The number of aromatic nitrogens is 2. The van der Waals surface area contributed by atoms with E-state index in [0.29, 0.717) is 35.1 Å². The molecule has 8 nitrogen and oxygen atoms in total. The Kier molecular flexibility index (Phi) is 4.26. The van der Waals surface area contributed by atoms with Crippen LogP contribution in [0.2, 0.25) is 0 Å². The molecule has 0 atom stereocenters. The lowest BCUT2D eigenvalue weighted by atomic mass is 10.2. The highest BCUT2D eigenvalue weighted by Gasteiger charge is 2.26. The van der Waals surface area contributed by atoms with Gasteiger partial charge in [0, 0.05) is 23.4 Å². The van der Waals surface area contributed by atoms with Crippen LogP contribution in [0.3, 0.4) is 0 Å². The van der Waals surface area contributed by atoms with Crippen molar-refractivity contribution in [3.05, 3.63) is 52.4 Å². The van der Waals surface area contributed by atoms with Crippen molar-refractivity contribution in [2.75, 3.05) is 17.2 Å². The van der Waals surface area contributed by atoms with E-state index >= 15 is 0 Å². The van der Waals surface area contributed by atoms with Gasteiger partial charge in [-0.3, -0.25) is 5.10 Å². The Morgan fingerprint density at radius 2 is 2.00 bits per heavy atom. The largest absolute Gasteiger partial charge is 0.478 e. The van der Waals surface area contributed by atoms with Crippen LogP contribution in [0.4, 0.5) is 11.5 Å². The molecule has 1 aliphatic carbocycles. The molecular formula is C17H17ClN6O2. The van der Waals surface area contributed by atoms with E-state index in [-0.39, 0.29) is 5.56 Å². The van der Waals surface area contributed by atoms with Gasteiger partial charge in [-0.15, -0.1) is 0 Å². The molecule has 1 aliphatic heterocycles. The Bertz CT molecular complexity index is 898. The SMILES string of the molecule is O=C(O)c1ccc(NC2=NCC(Cl)=C(Nc3cc(C4CC4)[nH]n3)N2)cc1. The summed E-state index contributed by atoms with van der Waals surface area (Å²) in [6.45, 7) is 0.326. The minimum absolute atomic E-state index is 0.226. The van der Waals surface area contributed by atoms with Crippen molar-refractivity contribution in [2.45, 2.75) is 18.8 Å². The number of carbonyl (C=O) groups is 1. The molecule has 9 heteroatoms. The van der Waals surface area contributed by atoms with E-state index in [1.165, 1.54) is 25.0 Å². The summed E-state index contributed by atoms with van der Waals surface area (Å²) in [6, 6.07) is 8.39. The minimum atomic E-state index is -0.963. The first-order valence-electron chi connectivity index (χ1n) is 8.21. The highest BCUT2D eigenvalue weighted by Crippen LogP contribution is 2.39. The van der Waals surface area contributed by atoms with Gasteiger partial charge in [0.15, 0.2) is 5.82 Å². The van der Waals surface area contributed by atoms with E-state index in [4.69, 9.17) is 16.7 Å². The number of hydrogen-bond acceptors (Lipinski definition) is 6. The number of benzene rings is 1. The molecule has 2 aromatic rings. The molecule has 0 saturated heterocycles. The van der Waals surface area contributed by atoms with Crippen molar-refractivity contribution in [3.63, 3.8) is 0 Å². The molecule has 0 unspecified atom stereocenters. The molecule has 134 valence electrons. The summed E-state index contributed by atoms with van der Waals surface area (Å²) in [6.07, 6.45) is 2.40. The monoisotopic (exact) mass is 372 g/mol. The number of aromatic amines is 1. The van der Waals surface area contributed by atoms with Crippen LogP contribution >= 0.6 is 11.6 Å². The summed E-state index contributed by atoms with van der Waals surface area (Å²) in [4.78, 5) is 15.2. The summed E-state index contributed by atoms with van der Waals surface area (Å²) in [7, 11) is 0. The smallest absolute Gasteiger partial charge is 0.335 e. The van der Waals surface area contributed by atoms with Crippen LogP contribution in [0.15, 0.2) is 46.2 Å². The van der Waals surface area contributed by atoms with Gasteiger partial charge in [0.1, 0.15) is 5.82 Å². The zero-order valence-electron chi connectivity index (χ0n) is 13.7. The molecule has 0 bridgehead atoms. The van der Waals surface area contributed by atoms with Crippen molar-refractivity contribution < 1.29 is 9.90 Å². The molecule has 0 spiro atoms. The number of anilines is 2. The fourth-order valence-electron chi connectivity index (χ4n) is 2.59. The van der Waals surface area contributed by atoms with Crippen molar-refractivity contribution in [1.82, 2.24) is 15.5 Å². The lowest BCUT2D eigenvalue weighted by molar-refractivity contribution is 0.0697. The predicted molar refractivity (Wildman–Crippen MR) is 99.5 cm³/mol. The van der Waals surface area contributed by atoms with Gasteiger partial charge in [-0.1, -0.05) is 11.6 Å². The van der Waals surface area contributed by atoms with E-state index in [2.05, 4.69) is 31.1 Å². The number of aliphatic imine (C=N–C) groups is 1. The van der Waals surface area contributed by atoms with E-state index in [0.717, 1.165) is 11.4 Å². The third-order valence-corrected chi connectivity index (χ3v) is 4.46. The molecule has 0 amide bonds. The van der Waals surface area contributed by atoms with Crippen molar-refractivity contribution in [1.29, 1.82) is 0 Å². The topological polar surface area (TPSA) is 114 Å². The third-order valence-electron chi connectivity index (χ3n) is 4.15. The molecule has 2 heterocycles. The number of nitrogens with zero attached hydrogens (tertiary/aromatic N) is 2. The maximum Gasteiger partial charge on any atom is 0.335 e. The molecule has 2 aliphatic rings. The Labute approximate surface area is 154 Å². The van der Waals surface area contributed by atoms with Crippen LogP contribution in [0.25, 0.3) is 0 Å². The first-order valence-corrected chi connectivity index (χ1v) is 8.59. The van der Waals surface area contributed by atoms with Crippen molar-refractivity contribution in [2.24, 2.45) is 4.99 Å². The van der Waals surface area contributed by atoms with Gasteiger partial charge in [0.05, 0.1) is 17.1 Å². The highest BCUT2D eigenvalue weighted by molar-refractivity contribution is 6.30. The average Bonchev–Trinajstić information content (AvgIpc) is 3.38. The Hall–Kier alpha value is -3.00. The molecule has 1 saturated carbocycles. The number of rotatable bonds is 5. The van der Waals surface area contributed by atoms with Gasteiger partial charge in [0.25, 0.3) is 0 Å². The van der Waals surface area contributed by atoms with Gasteiger partial charge >= 0.3 is 5.97 Å². The number of hydrogen-bond donors (Lipinski definition) is 5. The molecule has 4 rings (SSSR count). The number of carboxylic acid groups (broad SMARTS) is 1. The molecule has 1 fully saturated rings. The van der Waals surface area contributed by atoms with E-state index in [1.54, 1.807) is 12.1 Å².